The summed E-state index contributed by atoms with van der Waals surface area (Å²) in [5.41, 5.74) is 5.80. The van der Waals surface area contributed by atoms with Crippen molar-refractivity contribution in [2.75, 3.05) is 26.2 Å². The molecule has 2 saturated heterocycles. The number of urea groups is 1. The SMILES string of the molecule is CC1CCN(C(=O)N2CC[C@H](N)C2)CC1. The van der Waals surface area contributed by atoms with Crippen LogP contribution in [0.1, 0.15) is 26.2 Å². The predicted octanol–water partition coefficient (Wildman–Crippen LogP) is 0.871. The number of hydrogen-bond donors (Lipinski definition) is 1. The molecule has 2 N–H and O–H groups in total. The Labute approximate surface area is 91.4 Å². The van der Waals surface area contributed by atoms with Crippen LogP contribution in [0.15, 0.2) is 0 Å². The van der Waals surface area contributed by atoms with Crippen LogP contribution in [0, 0.1) is 5.92 Å². The van der Waals surface area contributed by atoms with Gasteiger partial charge in [-0.3, -0.25) is 0 Å². The number of hydrogen-bond acceptors (Lipinski definition) is 2. The summed E-state index contributed by atoms with van der Waals surface area (Å²) in [4.78, 5) is 15.9. The fourth-order valence-corrected chi connectivity index (χ4v) is 2.36. The first kappa shape index (κ1) is 10.7. The molecule has 0 aromatic rings. The minimum atomic E-state index is 0.192. The monoisotopic (exact) mass is 211 g/mol. The fraction of sp³-hybridized carbons (Fsp3) is 0.909. The molecule has 2 aliphatic heterocycles. The van der Waals surface area contributed by atoms with Gasteiger partial charge < -0.3 is 15.5 Å². The number of nitrogens with two attached hydrogens (primary N) is 1. The third-order valence-corrected chi connectivity index (χ3v) is 3.55. The summed E-state index contributed by atoms with van der Waals surface area (Å²) in [7, 11) is 0. The molecule has 2 fully saturated rings. The number of likely N-dealkylation sites (tertiary alicyclic amines) is 2. The molecule has 0 bridgehead atoms. The first-order valence-corrected chi connectivity index (χ1v) is 5.96. The topological polar surface area (TPSA) is 49.6 Å². The first-order chi connectivity index (χ1) is 7.16. The maximum absolute atomic E-state index is 12.0. The van der Waals surface area contributed by atoms with Gasteiger partial charge in [0.25, 0.3) is 0 Å². The second-order valence-corrected chi connectivity index (χ2v) is 4.95. The normalized spacial score (nSPS) is 28.5. The predicted molar refractivity (Wildman–Crippen MR) is 59.5 cm³/mol. The number of rotatable bonds is 0. The molecule has 86 valence electrons. The Hall–Kier alpha value is -0.770. The average molecular weight is 211 g/mol. The quantitative estimate of drug-likeness (QED) is 0.646. The van der Waals surface area contributed by atoms with Gasteiger partial charge in [-0.1, -0.05) is 6.92 Å². The molecule has 0 unspecified atom stereocenters. The van der Waals surface area contributed by atoms with Crippen LogP contribution < -0.4 is 5.73 Å². The molecule has 15 heavy (non-hydrogen) atoms. The summed E-state index contributed by atoms with van der Waals surface area (Å²) in [6.07, 6.45) is 3.24. The van der Waals surface area contributed by atoms with E-state index in [1.165, 1.54) is 0 Å². The number of piperidine rings is 1. The lowest BCUT2D eigenvalue weighted by molar-refractivity contribution is 0.142. The molecule has 2 amide bonds. The average Bonchev–Trinajstić information content (AvgIpc) is 2.65. The van der Waals surface area contributed by atoms with Gasteiger partial charge in [0.1, 0.15) is 0 Å². The van der Waals surface area contributed by atoms with E-state index in [0.29, 0.717) is 0 Å². The highest BCUT2D eigenvalue weighted by Gasteiger charge is 2.29. The van der Waals surface area contributed by atoms with E-state index in [9.17, 15) is 4.79 Å². The van der Waals surface area contributed by atoms with Crippen LogP contribution in [0.2, 0.25) is 0 Å². The molecule has 0 saturated carbocycles. The molecule has 2 heterocycles. The lowest BCUT2D eigenvalue weighted by Crippen LogP contribution is -2.46. The molecule has 0 radical (unpaired) electrons. The zero-order valence-electron chi connectivity index (χ0n) is 9.48. The van der Waals surface area contributed by atoms with E-state index >= 15 is 0 Å². The lowest BCUT2D eigenvalue weighted by Gasteiger charge is -2.33. The molecule has 0 aromatic carbocycles. The number of nitrogens with zero attached hydrogens (tertiary/aromatic N) is 2. The van der Waals surface area contributed by atoms with E-state index in [0.717, 1.165) is 51.4 Å². The second kappa shape index (κ2) is 4.39. The Balaban J connectivity index is 1.85. The van der Waals surface area contributed by atoms with E-state index in [1.807, 2.05) is 9.80 Å². The van der Waals surface area contributed by atoms with Gasteiger partial charge in [0.05, 0.1) is 0 Å². The minimum Gasteiger partial charge on any atom is -0.326 e. The van der Waals surface area contributed by atoms with Crippen molar-refractivity contribution in [2.45, 2.75) is 32.2 Å². The lowest BCUT2D eigenvalue weighted by atomic mass is 10.00. The molecule has 0 spiro atoms. The highest BCUT2D eigenvalue weighted by atomic mass is 16.2. The molecule has 2 rings (SSSR count). The summed E-state index contributed by atoms with van der Waals surface area (Å²) >= 11 is 0. The minimum absolute atomic E-state index is 0.192. The van der Waals surface area contributed by atoms with Crippen molar-refractivity contribution in [1.82, 2.24) is 9.80 Å². The van der Waals surface area contributed by atoms with Crippen molar-refractivity contribution in [3.05, 3.63) is 0 Å². The first-order valence-electron chi connectivity index (χ1n) is 5.96. The van der Waals surface area contributed by atoms with E-state index < -0.39 is 0 Å². The van der Waals surface area contributed by atoms with Crippen molar-refractivity contribution in [3.8, 4) is 0 Å². The van der Waals surface area contributed by atoms with E-state index in [-0.39, 0.29) is 12.1 Å². The van der Waals surface area contributed by atoms with Crippen LogP contribution >= 0.6 is 0 Å². The second-order valence-electron chi connectivity index (χ2n) is 4.95. The van der Waals surface area contributed by atoms with Gasteiger partial charge in [-0.15, -0.1) is 0 Å². The Bertz CT molecular complexity index is 236. The van der Waals surface area contributed by atoms with Crippen LogP contribution in [0.25, 0.3) is 0 Å². The van der Waals surface area contributed by atoms with Gasteiger partial charge in [0, 0.05) is 32.2 Å². The molecule has 4 nitrogen and oxygen atoms in total. The molecular weight excluding hydrogens is 190 g/mol. The smallest absolute Gasteiger partial charge is 0.320 e. The Morgan fingerprint density at radius 1 is 1.13 bits per heavy atom. The van der Waals surface area contributed by atoms with Crippen molar-refractivity contribution in [2.24, 2.45) is 11.7 Å². The number of amides is 2. The Morgan fingerprint density at radius 3 is 2.27 bits per heavy atom. The number of carbonyl (C=O) groups is 1. The van der Waals surface area contributed by atoms with Crippen molar-refractivity contribution >= 4 is 6.03 Å². The highest BCUT2D eigenvalue weighted by molar-refractivity contribution is 5.74. The van der Waals surface area contributed by atoms with Gasteiger partial charge in [-0.05, 0) is 25.2 Å². The van der Waals surface area contributed by atoms with Crippen LogP contribution in [0.5, 0.6) is 0 Å². The third kappa shape index (κ3) is 2.43. The molecule has 0 aromatic heterocycles. The summed E-state index contributed by atoms with van der Waals surface area (Å²) < 4.78 is 0. The van der Waals surface area contributed by atoms with E-state index in [2.05, 4.69) is 6.92 Å². The van der Waals surface area contributed by atoms with E-state index in [1.54, 1.807) is 0 Å². The maximum atomic E-state index is 12.0. The zero-order valence-corrected chi connectivity index (χ0v) is 9.48. The summed E-state index contributed by atoms with van der Waals surface area (Å²) in [5.74, 6) is 0.773. The van der Waals surface area contributed by atoms with Crippen LogP contribution in [0.4, 0.5) is 4.79 Å². The molecular formula is C11H21N3O. The van der Waals surface area contributed by atoms with Crippen LogP contribution in [-0.4, -0.2) is 48.1 Å². The van der Waals surface area contributed by atoms with Crippen LogP contribution in [0.3, 0.4) is 0 Å². The van der Waals surface area contributed by atoms with Gasteiger partial charge >= 0.3 is 6.03 Å². The number of carbonyl (C=O) groups excluding carboxylic acids is 1. The molecule has 0 aliphatic carbocycles. The standard InChI is InChI=1S/C11H21N3O/c1-9-2-5-13(6-3-9)11(15)14-7-4-10(12)8-14/h9-10H,2-8,12H2,1H3/t10-/m0/s1. The van der Waals surface area contributed by atoms with Crippen molar-refractivity contribution < 1.29 is 4.79 Å². The summed E-state index contributed by atoms with van der Waals surface area (Å²) in [5, 5.41) is 0. The largest absolute Gasteiger partial charge is 0.326 e. The summed E-state index contributed by atoms with van der Waals surface area (Å²) in [6, 6.07) is 0.396. The molecule has 2 aliphatic rings. The third-order valence-electron chi connectivity index (χ3n) is 3.55. The zero-order chi connectivity index (χ0) is 10.8. The Kier molecular flexibility index (Phi) is 3.14. The van der Waals surface area contributed by atoms with Crippen molar-refractivity contribution in [1.29, 1.82) is 0 Å². The molecule has 4 heteroatoms. The van der Waals surface area contributed by atoms with Gasteiger partial charge in [0.2, 0.25) is 0 Å². The maximum Gasteiger partial charge on any atom is 0.320 e. The van der Waals surface area contributed by atoms with Gasteiger partial charge in [0.15, 0.2) is 0 Å². The van der Waals surface area contributed by atoms with Gasteiger partial charge in [-0.2, -0.15) is 0 Å². The Morgan fingerprint density at radius 2 is 1.73 bits per heavy atom. The van der Waals surface area contributed by atoms with E-state index in [4.69, 9.17) is 5.73 Å². The molecule has 1 atom stereocenters. The van der Waals surface area contributed by atoms with Crippen LogP contribution in [-0.2, 0) is 0 Å². The highest BCUT2D eigenvalue weighted by Crippen LogP contribution is 2.18. The van der Waals surface area contributed by atoms with Crippen molar-refractivity contribution in [3.63, 3.8) is 0 Å². The fourth-order valence-electron chi connectivity index (χ4n) is 2.36. The van der Waals surface area contributed by atoms with Gasteiger partial charge in [-0.25, -0.2) is 4.79 Å². The summed E-state index contributed by atoms with van der Waals surface area (Å²) in [6.45, 7) is 5.68.